The van der Waals surface area contributed by atoms with Gasteiger partial charge in [-0.2, -0.15) is 4.98 Å². The lowest BCUT2D eigenvalue weighted by Gasteiger charge is -2.32. The van der Waals surface area contributed by atoms with Crippen molar-refractivity contribution < 1.29 is 4.52 Å². The molecule has 2 aromatic heterocycles. The first-order chi connectivity index (χ1) is 12.2. The second-order valence-electron chi connectivity index (χ2n) is 7.35. The molecule has 0 aromatic carbocycles. The van der Waals surface area contributed by atoms with E-state index in [-0.39, 0.29) is 0 Å². The maximum atomic E-state index is 5.47. The van der Waals surface area contributed by atoms with E-state index in [0.717, 1.165) is 49.3 Å². The van der Waals surface area contributed by atoms with Crippen LogP contribution < -0.4 is 10.2 Å². The molecule has 134 valence electrons. The number of nitrogens with zero attached hydrogens (tertiary/aromatic N) is 5. The molecular weight excluding hydrogens is 316 g/mol. The van der Waals surface area contributed by atoms with Crippen LogP contribution in [0.25, 0.3) is 0 Å². The van der Waals surface area contributed by atoms with Gasteiger partial charge in [0.05, 0.1) is 5.69 Å². The van der Waals surface area contributed by atoms with Crippen molar-refractivity contribution in [1.29, 1.82) is 0 Å². The topological polar surface area (TPSA) is 70.3 Å². The summed E-state index contributed by atoms with van der Waals surface area (Å²) < 4.78 is 5.47. The summed E-state index contributed by atoms with van der Waals surface area (Å²) in [5, 5.41) is 7.81. The molecule has 1 saturated carbocycles. The first-order valence-electron chi connectivity index (χ1n) is 9.12. The number of aromatic nitrogens is 3. The summed E-state index contributed by atoms with van der Waals surface area (Å²) in [5.41, 5.74) is 1.06. The first kappa shape index (κ1) is 16.3. The number of rotatable bonds is 6. The molecule has 0 amide bonds. The summed E-state index contributed by atoms with van der Waals surface area (Å²) in [6, 6.07) is 4.47. The zero-order chi connectivity index (χ0) is 17.2. The number of hydrogen-bond donors (Lipinski definition) is 1. The Balaban J connectivity index is 1.34. The van der Waals surface area contributed by atoms with E-state index in [9.17, 15) is 0 Å². The molecule has 1 atom stereocenters. The van der Waals surface area contributed by atoms with Crippen LogP contribution >= 0.6 is 0 Å². The third-order valence-corrected chi connectivity index (χ3v) is 4.84. The van der Waals surface area contributed by atoms with Gasteiger partial charge >= 0.3 is 0 Å². The largest absolute Gasteiger partial charge is 0.366 e. The van der Waals surface area contributed by atoms with Crippen molar-refractivity contribution >= 4 is 11.8 Å². The van der Waals surface area contributed by atoms with E-state index >= 15 is 0 Å². The highest BCUT2D eigenvalue weighted by atomic mass is 16.5. The summed E-state index contributed by atoms with van der Waals surface area (Å²) in [6.45, 7) is 2.96. The van der Waals surface area contributed by atoms with Gasteiger partial charge in [0.1, 0.15) is 11.6 Å². The predicted molar refractivity (Wildman–Crippen MR) is 96.8 cm³/mol. The standard InChI is InChI=1S/C18H26N6O/c1-23(2)18-19-8-7-17(21-18)20-14-4-3-9-24(11-14)12-15-10-16(25-22-15)13-5-6-13/h7-8,10,13-14H,3-6,9,11-12H2,1-2H3,(H,19,20,21). The molecule has 2 aromatic rings. The van der Waals surface area contributed by atoms with Crippen LogP contribution in [0, 0.1) is 0 Å². The third kappa shape index (κ3) is 4.10. The number of hydrogen-bond acceptors (Lipinski definition) is 7. The summed E-state index contributed by atoms with van der Waals surface area (Å²) in [4.78, 5) is 13.2. The van der Waals surface area contributed by atoms with Crippen LogP contribution in [0.3, 0.4) is 0 Å². The molecular formula is C18H26N6O. The normalized spacial score (nSPS) is 21.3. The first-order valence-corrected chi connectivity index (χ1v) is 9.12. The van der Waals surface area contributed by atoms with Crippen LogP contribution in [0.1, 0.15) is 43.1 Å². The molecule has 2 aliphatic rings. The highest BCUT2D eigenvalue weighted by Crippen LogP contribution is 2.40. The van der Waals surface area contributed by atoms with Gasteiger partial charge in [0.25, 0.3) is 0 Å². The molecule has 0 bridgehead atoms. The third-order valence-electron chi connectivity index (χ3n) is 4.84. The summed E-state index contributed by atoms with van der Waals surface area (Å²) >= 11 is 0. The number of nitrogens with one attached hydrogen (secondary N) is 1. The van der Waals surface area contributed by atoms with Crippen molar-refractivity contribution in [3.05, 3.63) is 29.8 Å². The van der Waals surface area contributed by atoms with E-state index in [1.807, 2.05) is 25.1 Å². The van der Waals surface area contributed by atoms with Gasteiger partial charge in [-0.1, -0.05) is 5.16 Å². The summed E-state index contributed by atoms with van der Waals surface area (Å²) in [5.74, 6) is 3.32. The van der Waals surface area contributed by atoms with Crippen LogP contribution in [0.5, 0.6) is 0 Å². The maximum Gasteiger partial charge on any atom is 0.226 e. The van der Waals surface area contributed by atoms with Crippen molar-refractivity contribution in [2.75, 3.05) is 37.4 Å². The Morgan fingerprint density at radius 2 is 2.20 bits per heavy atom. The second-order valence-corrected chi connectivity index (χ2v) is 7.35. The zero-order valence-electron chi connectivity index (χ0n) is 15.0. The quantitative estimate of drug-likeness (QED) is 0.865. The highest BCUT2D eigenvalue weighted by molar-refractivity contribution is 5.41. The lowest BCUT2D eigenvalue weighted by atomic mass is 10.1. The predicted octanol–water partition coefficient (Wildman–Crippen LogP) is 2.48. The Morgan fingerprint density at radius 3 is 3.00 bits per heavy atom. The molecule has 0 radical (unpaired) electrons. The lowest BCUT2D eigenvalue weighted by molar-refractivity contribution is 0.203. The molecule has 1 unspecified atom stereocenters. The Kier molecular flexibility index (Phi) is 4.57. The Bertz CT molecular complexity index is 711. The molecule has 4 rings (SSSR count). The molecule has 1 aliphatic heterocycles. The molecule has 7 nitrogen and oxygen atoms in total. The van der Waals surface area contributed by atoms with Gasteiger partial charge in [0, 0.05) is 51.4 Å². The maximum absolute atomic E-state index is 5.47. The minimum absolute atomic E-state index is 0.397. The fourth-order valence-corrected chi connectivity index (χ4v) is 3.36. The van der Waals surface area contributed by atoms with Crippen LogP contribution in [0.4, 0.5) is 11.8 Å². The zero-order valence-corrected chi connectivity index (χ0v) is 15.0. The molecule has 25 heavy (non-hydrogen) atoms. The van der Waals surface area contributed by atoms with E-state index < -0.39 is 0 Å². The van der Waals surface area contributed by atoms with Crippen LogP contribution in [-0.4, -0.2) is 53.3 Å². The van der Waals surface area contributed by atoms with Crippen molar-refractivity contribution in [3.8, 4) is 0 Å². The number of piperidine rings is 1. The lowest BCUT2D eigenvalue weighted by Crippen LogP contribution is -2.41. The van der Waals surface area contributed by atoms with E-state index in [2.05, 4.69) is 31.4 Å². The number of anilines is 2. The van der Waals surface area contributed by atoms with Gasteiger partial charge in [0.2, 0.25) is 5.95 Å². The van der Waals surface area contributed by atoms with Crippen LogP contribution in [0.15, 0.2) is 22.9 Å². The highest BCUT2D eigenvalue weighted by Gasteiger charge is 2.28. The Labute approximate surface area is 148 Å². The minimum atomic E-state index is 0.397. The van der Waals surface area contributed by atoms with E-state index in [1.54, 1.807) is 6.20 Å². The van der Waals surface area contributed by atoms with E-state index in [1.165, 1.54) is 19.3 Å². The average molecular weight is 342 g/mol. The second kappa shape index (κ2) is 7.00. The average Bonchev–Trinajstić information content (AvgIpc) is 3.35. The molecule has 2 fully saturated rings. The molecule has 0 spiro atoms. The van der Waals surface area contributed by atoms with Crippen molar-refractivity contribution in [3.63, 3.8) is 0 Å². The van der Waals surface area contributed by atoms with Gasteiger partial charge in [-0.15, -0.1) is 0 Å². The van der Waals surface area contributed by atoms with Crippen molar-refractivity contribution in [2.45, 2.75) is 44.2 Å². The van der Waals surface area contributed by atoms with E-state index in [4.69, 9.17) is 4.52 Å². The fourth-order valence-electron chi connectivity index (χ4n) is 3.36. The molecule has 1 N–H and O–H groups in total. The van der Waals surface area contributed by atoms with Gasteiger partial charge in [-0.3, -0.25) is 4.90 Å². The summed E-state index contributed by atoms with van der Waals surface area (Å²) in [7, 11) is 3.91. The smallest absolute Gasteiger partial charge is 0.226 e. The molecule has 1 saturated heterocycles. The van der Waals surface area contributed by atoms with Crippen LogP contribution in [0.2, 0.25) is 0 Å². The van der Waals surface area contributed by atoms with Gasteiger partial charge in [-0.05, 0) is 38.3 Å². The minimum Gasteiger partial charge on any atom is -0.366 e. The Hall–Kier alpha value is -2.15. The molecule has 1 aliphatic carbocycles. The monoisotopic (exact) mass is 342 g/mol. The van der Waals surface area contributed by atoms with Crippen molar-refractivity contribution in [1.82, 2.24) is 20.0 Å². The van der Waals surface area contributed by atoms with Gasteiger partial charge in [0.15, 0.2) is 0 Å². The van der Waals surface area contributed by atoms with E-state index in [0.29, 0.717) is 12.0 Å². The molecule has 3 heterocycles. The van der Waals surface area contributed by atoms with Gasteiger partial charge < -0.3 is 14.7 Å². The van der Waals surface area contributed by atoms with Gasteiger partial charge in [-0.25, -0.2) is 4.98 Å². The SMILES string of the molecule is CN(C)c1nccc(NC2CCCN(Cc3cc(C4CC4)on3)C2)n1. The summed E-state index contributed by atoms with van der Waals surface area (Å²) in [6.07, 6.45) is 6.64. The van der Waals surface area contributed by atoms with Crippen molar-refractivity contribution in [2.24, 2.45) is 0 Å². The molecule has 7 heteroatoms. The number of likely N-dealkylation sites (tertiary alicyclic amines) is 1. The fraction of sp³-hybridized carbons (Fsp3) is 0.611. The van der Waals surface area contributed by atoms with Crippen LogP contribution in [-0.2, 0) is 6.54 Å². The Morgan fingerprint density at radius 1 is 1.32 bits per heavy atom.